The van der Waals surface area contributed by atoms with Crippen LogP contribution in [0.2, 0.25) is 0 Å². The lowest BCUT2D eigenvalue weighted by Crippen LogP contribution is -2.26. The van der Waals surface area contributed by atoms with Gasteiger partial charge in [0.15, 0.2) is 6.61 Å². The van der Waals surface area contributed by atoms with E-state index in [-0.39, 0.29) is 22.9 Å². The van der Waals surface area contributed by atoms with Crippen molar-refractivity contribution in [1.29, 1.82) is 0 Å². The maximum Gasteiger partial charge on any atom is 0.262 e. The van der Waals surface area contributed by atoms with Crippen LogP contribution in [0.3, 0.4) is 0 Å². The molecule has 0 aliphatic carbocycles. The molecule has 0 unspecified atom stereocenters. The number of amides is 1. The molecule has 0 heterocycles. The number of hydrogen-bond acceptors (Lipinski definition) is 6. The summed E-state index contributed by atoms with van der Waals surface area (Å²) in [7, 11) is -2.99. The summed E-state index contributed by atoms with van der Waals surface area (Å²) < 4.78 is 58.3. The van der Waals surface area contributed by atoms with Crippen molar-refractivity contribution in [3.05, 3.63) is 83.9 Å². The summed E-state index contributed by atoms with van der Waals surface area (Å²) in [6, 6.07) is 19.6. The van der Waals surface area contributed by atoms with E-state index in [0.29, 0.717) is 17.0 Å². The number of sulfonamides is 2. The van der Waals surface area contributed by atoms with Gasteiger partial charge in [-0.2, -0.15) is 4.31 Å². The summed E-state index contributed by atoms with van der Waals surface area (Å²) in [6.07, 6.45) is 0. The quantitative estimate of drug-likeness (QED) is 0.430. The summed E-state index contributed by atoms with van der Waals surface area (Å²) in [4.78, 5) is 12.6. The molecule has 1 amide bonds. The van der Waals surface area contributed by atoms with Crippen molar-refractivity contribution in [1.82, 2.24) is 8.61 Å². The molecule has 0 saturated carbocycles. The minimum Gasteiger partial charge on any atom is -0.484 e. The van der Waals surface area contributed by atoms with Gasteiger partial charge in [-0.3, -0.25) is 4.79 Å². The number of ether oxygens (including phenoxy) is 1. The zero-order chi connectivity index (χ0) is 26.5. The Balaban J connectivity index is 1.62. The number of benzene rings is 3. The van der Waals surface area contributed by atoms with Gasteiger partial charge < -0.3 is 10.1 Å². The van der Waals surface area contributed by atoms with Crippen LogP contribution in [0, 0.1) is 6.92 Å². The normalized spacial score (nSPS) is 12.1. The van der Waals surface area contributed by atoms with Crippen LogP contribution < -0.4 is 10.1 Å². The first-order valence-electron chi connectivity index (χ1n) is 11.0. The third kappa shape index (κ3) is 6.49. The Bertz CT molecular complexity index is 1420. The number of nitrogens with one attached hydrogen (secondary N) is 1. The summed E-state index contributed by atoms with van der Waals surface area (Å²) >= 11 is 0. The molecule has 3 aromatic rings. The van der Waals surface area contributed by atoms with Crippen molar-refractivity contribution in [2.75, 3.05) is 33.1 Å². The maximum atomic E-state index is 12.9. The molecule has 0 saturated heterocycles. The molecule has 0 atom stereocenters. The fourth-order valence-corrected chi connectivity index (χ4v) is 5.34. The van der Waals surface area contributed by atoms with Gasteiger partial charge in [-0.25, -0.2) is 21.1 Å². The molecule has 0 radical (unpaired) electrons. The largest absolute Gasteiger partial charge is 0.484 e. The fourth-order valence-electron chi connectivity index (χ4n) is 3.26. The SMILES string of the molecule is Cc1ccc(S(=O)(=O)N(C)C)cc1NC(=O)COc1ccc(S(=O)(=O)N(C)Cc2ccccc2)cc1. The molecular weight excluding hydrogens is 502 g/mol. The van der Waals surface area contributed by atoms with Crippen LogP contribution >= 0.6 is 0 Å². The Hall–Kier alpha value is -3.25. The third-order valence-electron chi connectivity index (χ3n) is 5.41. The maximum absolute atomic E-state index is 12.9. The molecule has 0 bridgehead atoms. The van der Waals surface area contributed by atoms with Crippen molar-refractivity contribution < 1.29 is 26.4 Å². The first-order valence-corrected chi connectivity index (χ1v) is 13.9. The Morgan fingerprint density at radius 3 is 2.06 bits per heavy atom. The molecule has 0 aliphatic rings. The lowest BCUT2D eigenvalue weighted by atomic mass is 10.2. The predicted molar refractivity (Wildman–Crippen MR) is 138 cm³/mol. The second-order valence-corrected chi connectivity index (χ2v) is 12.5. The van der Waals surface area contributed by atoms with E-state index in [2.05, 4.69) is 5.32 Å². The molecule has 3 aromatic carbocycles. The van der Waals surface area contributed by atoms with Gasteiger partial charge in [-0.1, -0.05) is 36.4 Å². The van der Waals surface area contributed by atoms with Gasteiger partial charge in [0.2, 0.25) is 20.0 Å². The average molecular weight is 532 g/mol. The minimum absolute atomic E-state index is 0.0587. The monoisotopic (exact) mass is 531 g/mol. The Morgan fingerprint density at radius 2 is 1.44 bits per heavy atom. The van der Waals surface area contributed by atoms with Crippen LogP contribution in [0.5, 0.6) is 5.75 Å². The van der Waals surface area contributed by atoms with Crippen LogP contribution in [-0.2, 0) is 31.4 Å². The van der Waals surface area contributed by atoms with Crippen LogP contribution in [0.1, 0.15) is 11.1 Å². The van der Waals surface area contributed by atoms with E-state index >= 15 is 0 Å². The molecule has 0 spiro atoms. The Morgan fingerprint density at radius 1 is 0.833 bits per heavy atom. The number of rotatable bonds is 10. The number of carbonyl (C=O) groups is 1. The summed E-state index contributed by atoms with van der Waals surface area (Å²) in [6.45, 7) is 1.64. The molecule has 0 aromatic heterocycles. The first kappa shape index (κ1) is 27.3. The molecule has 0 aliphatic heterocycles. The van der Waals surface area contributed by atoms with E-state index in [1.165, 1.54) is 61.8 Å². The predicted octanol–water partition coefficient (Wildman–Crippen LogP) is 3.08. The van der Waals surface area contributed by atoms with E-state index in [1.807, 2.05) is 30.3 Å². The molecule has 192 valence electrons. The first-order chi connectivity index (χ1) is 16.9. The summed E-state index contributed by atoms with van der Waals surface area (Å²) in [5.41, 5.74) is 1.92. The minimum atomic E-state index is -3.71. The summed E-state index contributed by atoms with van der Waals surface area (Å²) in [5, 5.41) is 2.66. The molecule has 0 fully saturated rings. The highest BCUT2D eigenvalue weighted by atomic mass is 32.2. The lowest BCUT2D eigenvalue weighted by Gasteiger charge is -2.17. The van der Waals surface area contributed by atoms with Crippen molar-refractivity contribution >= 4 is 31.6 Å². The summed E-state index contributed by atoms with van der Waals surface area (Å²) in [5.74, 6) is -0.174. The zero-order valence-electron chi connectivity index (χ0n) is 20.5. The van der Waals surface area contributed by atoms with Gasteiger partial charge in [0.05, 0.1) is 9.79 Å². The van der Waals surface area contributed by atoms with E-state index < -0.39 is 26.0 Å². The Kier molecular flexibility index (Phi) is 8.51. The van der Waals surface area contributed by atoms with Gasteiger partial charge in [-0.15, -0.1) is 0 Å². The van der Waals surface area contributed by atoms with Gasteiger partial charge in [-0.05, 0) is 54.4 Å². The fraction of sp³-hybridized carbons (Fsp3) is 0.240. The van der Waals surface area contributed by atoms with E-state index in [9.17, 15) is 21.6 Å². The molecule has 11 heteroatoms. The van der Waals surface area contributed by atoms with Crippen molar-refractivity contribution in [2.24, 2.45) is 0 Å². The van der Waals surface area contributed by atoms with Crippen molar-refractivity contribution in [2.45, 2.75) is 23.3 Å². The topological polar surface area (TPSA) is 113 Å². The van der Waals surface area contributed by atoms with E-state index in [1.54, 1.807) is 13.0 Å². The van der Waals surface area contributed by atoms with Gasteiger partial charge in [0.25, 0.3) is 5.91 Å². The van der Waals surface area contributed by atoms with Crippen LogP contribution in [0.15, 0.2) is 82.6 Å². The van der Waals surface area contributed by atoms with E-state index in [0.717, 1.165) is 9.87 Å². The number of carbonyl (C=O) groups excluding carboxylic acids is 1. The second kappa shape index (κ2) is 11.2. The van der Waals surface area contributed by atoms with Crippen LogP contribution in [-0.4, -0.2) is 59.1 Å². The molecule has 1 N–H and O–H groups in total. The van der Waals surface area contributed by atoms with Gasteiger partial charge >= 0.3 is 0 Å². The molecular formula is C25H29N3O6S2. The zero-order valence-corrected chi connectivity index (χ0v) is 22.1. The highest BCUT2D eigenvalue weighted by Crippen LogP contribution is 2.23. The lowest BCUT2D eigenvalue weighted by molar-refractivity contribution is -0.118. The number of hydrogen-bond donors (Lipinski definition) is 1. The smallest absolute Gasteiger partial charge is 0.262 e. The Labute approximate surface area is 212 Å². The number of anilines is 1. The highest BCUT2D eigenvalue weighted by molar-refractivity contribution is 7.89. The van der Waals surface area contributed by atoms with Crippen molar-refractivity contribution in [3.63, 3.8) is 0 Å². The van der Waals surface area contributed by atoms with Gasteiger partial charge in [0, 0.05) is 33.4 Å². The average Bonchev–Trinajstić information content (AvgIpc) is 2.84. The second-order valence-electron chi connectivity index (χ2n) is 8.32. The molecule has 36 heavy (non-hydrogen) atoms. The third-order valence-corrected chi connectivity index (χ3v) is 9.04. The number of nitrogens with zero attached hydrogens (tertiary/aromatic N) is 2. The number of aryl methyl sites for hydroxylation is 1. The van der Waals surface area contributed by atoms with Crippen LogP contribution in [0.4, 0.5) is 5.69 Å². The molecule has 9 nitrogen and oxygen atoms in total. The van der Waals surface area contributed by atoms with E-state index in [4.69, 9.17) is 4.74 Å². The molecule has 3 rings (SSSR count). The van der Waals surface area contributed by atoms with Gasteiger partial charge in [0.1, 0.15) is 5.75 Å². The standard InChI is InChI=1S/C25H29N3O6S2/c1-19-10-13-23(35(30,31)27(2)3)16-24(19)26-25(29)18-34-21-11-14-22(15-12-21)36(32,33)28(4)17-20-8-6-5-7-9-20/h5-16H,17-18H2,1-4H3,(H,26,29). The highest BCUT2D eigenvalue weighted by Gasteiger charge is 2.21. The van der Waals surface area contributed by atoms with Crippen LogP contribution in [0.25, 0.3) is 0 Å². The van der Waals surface area contributed by atoms with Crippen molar-refractivity contribution in [3.8, 4) is 5.75 Å².